The van der Waals surface area contributed by atoms with E-state index in [9.17, 15) is 19.2 Å². The van der Waals surface area contributed by atoms with Crippen LogP contribution in [0.15, 0.2) is 53.1 Å². The van der Waals surface area contributed by atoms with Crippen LogP contribution in [0.25, 0.3) is 11.1 Å². The van der Waals surface area contributed by atoms with Gasteiger partial charge in [-0.15, -0.1) is 11.8 Å². The maximum absolute atomic E-state index is 13.4. The zero-order valence-corrected chi connectivity index (χ0v) is 41.2. The molecule has 2 saturated heterocycles. The van der Waals surface area contributed by atoms with Crippen molar-refractivity contribution in [2.24, 2.45) is 0 Å². The van der Waals surface area contributed by atoms with Gasteiger partial charge < -0.3 is 64.1 Å². The Morgan fingerprint density at radius 1 is 0.725 bits per heavy atom. The Morgan fingerprint density at radius 3 is 2.03 bits per heavy atom. The second-order valence-corrected chi connectivity index (χ2v) is 18.4. The van der Waals surface area contributed by atoms with Crippen molar-refractivity contribution < 1.29 is 62.0 Å². The highest BCUT2D eigenvalue weighted by Gasteiger charge is 2.57. The van der Waals surface area contributed by atoms with Gasteiger partial charge in [-0.25, -0.2) is 4.79 Å². The second-order valence-electron chi connectivity index (χ2n) is 17.1. The Hall–Kier alpha value is -4.76. The standard InChI is InChI=1S/C50H73N5O13S/c1-37-32-40(39-12-5-3-6-13-39)33-38(2)46(37)67-20-11-14-42-34-41(55-68-42)17-21-61-22-23-62-24-25-63-26-27-64-28-29-65-30-31-66-36-52-44(56)15-7-4-10-19-51-48(59)50(18-9-8-16-45(57)58)47-43(35-69-50)53-49(60)54-47/h3,5-6,12-13,32-34,43,47H,4,7-11,14-31,35-36H2,1-2H3,(H,51,59)(H,52,56)(H,57,58)(H2,53,54,60)/t43-,47-,50-/m0/s1. The van der Waals surface area contributed by atoms with Gasteiger partial charge in [-0.2, -0.15) is 0 Å². The van der Waals surface area contributed by atoms with Crippen molar-refractivity contribution in [1.29, 1.82) is 0 Å². The van der Waals surface area contributed by atoms with Crippen LogP contribution in [0.5, 0.6) is 5.75 Å². The lowest BCUT2D eigenvalue weighted by molar-refractivity contribution is -0.137. The molecule has 18 nitrogen and oxygen atoms in total. The summed E-state index contributed by atoms with van der Waals surface area (Å²) in [7, 11) is 0. The first-order chi connectivity index (χ1) is 33.6. The van der Waals surface area contributed by atoms with Crippen molar-refractivity contribution in [2.45, 2.75) is 101 Å². The van der Waals surface area contributed by atoms with Gasteiger partial charge in [0, 0.05) is 44.0 Å². The number of carbonyl (C=O) groups excluding carboxylic acids is 3. The number of benzene rings is 2. The van der Waals surface area contributed by atoms with E-state index in [2.05, 4.69) is 76.7 Å². The molecular weight excluding hydrogens is 911 g/mol. The number of thioether (sulfide) groups is 1. The molecule has 0 saturated carbocycles. The summed E-state index contributed by atoms with van der Waals surface area (Å²) in [4.78, 5) is 48.5. The summed E-state index contributed by atoms with van der Waals surface area (Å²) in [6.07, 6.45) is 6.28. The number of aromatic nitrogens is 1. The van der Waals surface area contributed by atoms with E-state index in [-0.39, 0.29) is 43.1 Å². The first-order valence-corrected chi connectivity index (χ1v) is 25.3. The summed E-state index contributed by atoms with van der Waals surface area (Å²) in [6.45, 7) is 10.2. The van der Waals surface area contributed by atoms with Crippen LogP contribution in [-0.4, -0.2) is 149 Å². The quantitative estimate of drug-likeness (QED) is 0.0270. The number of nitrogens with one attached hydrogen (secondary N) is 4. The van der Waals surface area contributed by atoms with Gasteiger partial charge in [0.1, 0.15) is 23.0 Å². The molecule has 5 rings (SSSR count). The average molecular weight is 984 g/mol. The number of ether oxygens (including phenoxy) is 7. The van der Waals surface area contributed by atoms with Gasteiger partial charge >= 0.3 is 12.0 Å². The summed E-state index contributed by atoms with van der Waals surface area (Å²) >= 11 is 1.52. The van der Waals surface area contributed by atoms with Gasteiger partial charge in [0.15, 0.2) is 0 Å². The summed E-state index contributed by atoms with van der Waals surface area (Å²) in [5.74, 6) is 1.29. The molecule has 69 heavy (non-hydrogen) atoms. The highest BCUT2D eigenvalue weighted by molar-refractivity contribution is 8.01. The summed E-state index contributed by atoms with van der Waals surface area (Å²) < 4.78 is 44.2. The van der Waals surface area contributed by atoms with Gasteiger partial charge in [0.05, 0.1) is 97.1 Å². The molecule has 19 heteroatoms. The SMILES string of the molecule is Cc1cc(-c2ccccc2)cc(C)c1OCCCc1cc(CCOCCOCCOCCOCCOCCOCNC(=O)CCCCCNC(=O)[C@@]2(CCCCC(=O)O)SC[C@@H]3NC(=O)N[C@@H]32)no1. The number of hydrogen-bond donors (Lipinski definition) is 5. The van der Waals surface area contributed by atoms with Crippen molar-refractivity contribution in [2.75, 3.05) is 98.3 Å². The lowest BCUT2D eigenvalue weighted by Gasteiger charge is -2.32. The van der Waals surface area contributed by atoms with Gasteiger partial charge in [-0.3, -0.25) is 14.4 Å². The molecule has 3 heterocycles. The third-order valence-electron chi connectivity index (χ3n) is 11.7. The monoisotopic (exact) mass is 983 g/mol. The first-order valence-electron chi connectivity index (χ1n) is 24.3. The molecule has 3 atom stereocenters. The topological polar surface area (TPSA) is 227 Å². The van der Waals surface area contributed by atoms with Crippen molar-refractivity contribution in [3.63, 3.8) is 0 Å². The Kier molecular flexibility index (Phi) is 25.2. The Balaban J connectivity index is 0.739. The van der Waals surface area contributed by atoms with Crippen LogP contribution in [-0.2, 0) is 55.6 Å². The van der Waals surface area contributed by atoms with Gasteiger partial charge in [0.2, 0.25) is 11.8 Å². The number of aryl methyl sites for hydroxylation is 3. The van der Waals surface area contributed by atoms with Crippen molar-refractivity contribution in [1.82, 2.24) is 26.4 Å². The number of hydrogen-bond acceptors (Lipinski definition) is 14. The largest absolute Gasteiger partial charge is 0.493 e. The molecule has 0 spiro atoms. The molecule has 0 radical (unpaired) electrons. The molecular formula is C50H73N5O13S. The smallest absolute Gasteiger partial charge is 0.315 e. The van der Waals surface area contributed by atoms with Crippen molar-refractivity contribution >= 4 is 35.6 Å². The van der Waals surface area contributed by atoms with Crippen LogP contribution < -0.4 is 26.0 Å². The fourth-order valence-corrected chi connectivity index (χ4v) is 9.80. The highest BCUT2D eigenvalue weighted by Crippen LogP contribution is 2.44. The number of unbranched alkanes of at least 4 members (excludes halogenated alkanes) is 3. The summed E-state index contributed by atoms with van der Waals surface area (Å²) in [5.41, 5.74) is 5.52. The Labute approximate surface area is 410 Å². The molecule has 2 aliphatic heterocycles. The predicted molar refractivity (Wildman–Crippen MR) is 260 cm³/mol. The number of amides is 4. The fourth-order valence-electron chi connectivity index (χ4n) is 8.15. The molecule has 1 aromatic heterocycles. The van der Waals surface area contributed by atoms with Crippen LogP contribution >= 0.6 is 11.8 Å². The number of rotatable bonds is 38. The maximum atomic E-state index is 13.4. The molecule has 3 aromatic rings. The van der Waals surface area contributed by atoms with Gasteiger partial charge in [-0.05, 0) is 80.3 Å². The van der Waals surface area contributed by atoms with Crippen molar-refractivity contribution in [3.05, 3.63) is 71.1 Å². The average Bonchev–Trinajstić information content (AvgIpc) is 4.05. The zero-order chi connectivity index (χ0) is 48.9. The minimum absolute atomic E-state index is 0.0453. The number of carboxylic acid groups (broad SMARTS) is 1. The summed E-state index contributed by atoms with van der Waals surface area (Å²) in [5, 5.41) is 24.7. The van der Waals surface area contributed by atoms with E-state index < -0.39 is 10.7 Å². The third kappa shape index (κ3) is 19.9. The predicted octanol–water partition coefficient (Wildman–Crippen LogP) is 5.54. The van der Waals surface area contributed by atoms with Crippen LogP contribution in [0.3, 0.4) is 0 Å². The Morgan fingerprint density at radius 2 is 1.36 bits per heavy atom. The normalized spacial score (nSPS) is 17.3. The maximum Gasteiger partial charge on any atom is 0.315 e. The van der Waals surface area contributed by atoms with E-state index in [1.165, 1.54) is 22.9 Å². The molecule has 0 aliphatic carbocycles. The molecule has 2 fully saturated rings. The Bertz CT molecular complexity index is 1970. The van der Waals surface area contributed by atoms with E-state index in [0.29, 0.717) is 137 Å². The fraction of sp³-hybridized carbons (Fsp3) is 0.620. The number of carboxylic acids is 1. The van der Waals surface area contributed by atoms with E-state index in [1.54, 1.807) is 0 Å². The van der Waals surface area contributed by atoms with E-state index >= 15 is 0 Å². The second kappa shape index (κ2) is 31.5. The minimum Gasteiger partial charge on any atom is -0.493 e. The molecule has 0 unspecified atom stereocenters. The number of fused-ring (bicyclic) bond motifs is 1. The van der Waals surface area contributed by atoms with Gasteiger partial charge in [-0.1, -0.05) is 48.3 Å². The number of nitrogens with zero attached hydrogens (tertiary/aromatic N) is 1. The van der Waals surface area contributed by atoms with E-state index in [4.69, 9.17) is 42.8 Å². The van der Waals surface area contributed by atoms with Crippen LogP contribution in [0.4, 0.5) is 4.79 Å². The molecule has 382 valence electrons. The molecule has 4 amide bonds. The zero-order valence-electron chi connectivity index (χ0n) is 40.4. The van der Waals surface area contributed by atoms with E-state index in [0.717, 1.165) is 47.6 Å². The summed E-state index contributed by atoms with van der Waals surface area (Å²) in [6, 6.07) is 16.0. The lowest BCUT2D eigenvalue weighted by atomic mass is 9.88. The highest BCUT2D eigenvalue weighted by atomic mass is 32.2. The van der Waals surface area contributed by atoms with Gasteiger partial charge in [0.25, 0.3) is 0 Å². The number of urea groups is 1. The number of carbonyl (C=O) groups is 4. The lowest BCUT2D eigenvalue weighted by Crippen LogP contribution is -2.56. The third-order valence-corrected chi connectivity index (χ3v) is 13.4. The van der Waals surface area contributed by atoms with Crippen LogP contribution in [0, 0.1) is 13.8 Å². The molecule has 2 aliphatic rings. The van der Waals surface area contributed by atoms with Crippen LogP contribution in [0.1, 0.15) is 80.4 Å². The van der Waals surface area contributed by atoms with Crippen LogP contribution in [0.2, 0.25) is 0 Å². The molecule has 2 aromatic carbocycles. The molecule has 0 bridgehead atoms. The molecule has 5 N–H and O–H groups in total. The van der Waals surface area contributed by atoms with E-state index in [1.807, 2.05) is 12.1 Å². The first kappa shape index (κ1) is 55.2. The number of aliphatic carboxylic acids is 1. The van der Waals surface area contributed by atoms with Crippen molar-refractivity contribution in [3.8, 4) is 16.9 Å². The minimum atomic E-state index is -0.865.